The van der Waals surface area contributed by atoms with Crippen LogP contribution in [0, 0.1) is 5.92 Å². The molecule has 0 bridgehead atoms. The molecule has 186 valence electrons. The molecule has 0 aliphatic carbocycles. The van der Waals surface area contributed by atoms with Gasteiger partial charge in [0.25, 0.3) is 0 Å². The molecule has 2 fully saturated rings. The van der Waals surface area contributed by atoms with Crippen molar-refractivity contribution in [1.82, 2.24) is 19.2 Å². The summed E-state index contributed by atoms with van der Waals surface area (Å²) in [7, 11) is 0. The number of aromatic nitrogens is 3. The third kappa shape index (κ3) is 4.96. The summed E-state index contributed by atoms with van der Waals surface area (Å²) in [5, 5.41) is 5.83. The minimum Gasteiger partial charge on any atom is -0.357 e. The van der Waals surface area contributed by atoms with Crippen molar-refractivity contribution < 1.29 is 9.53 Å². The van der Waals surface area contributed by atoms with Crippen molar-refractivity contribution in [1.29, 1.82) is 0 Å². The number of rotatable bonds is 6. The number of hydrogen-bond acceptors (Lipinski definition) is 3. The van der Waals surface area contributed by atoms with Gasteiger partial charge in [0.2, 0.25) is 5.91 Å². The Labute approximate surface area is 212 Å². The summed E-state index contributed by atoms with van der Waals surface area (Å²) in [6.07, 6.45) is 12.3. The molecule has 1 unspecified atom stereocenters. The van der Waals surface area contributed by atoms with Crippen LogP contribution in [0.15, 0.2) is 73.2 Å². The van der Waals surface area contributed by atoms with Gasteiger partial charge in [-0.2, -0.15) is 5.10 Å². The molecule has 6 rings (SSSR count). The number of ether oxygens (including phenoxy) is 1. The van der Waals surface area contributed by atoms with E-state index >= 15 is 0 Å². The molecule has 2 aliphatic rings. The number of piperidine rings is 1. The first-order valence-corrected chi connectivity index (χ1v) is 13.3. The zero-order valence-corrected chi connectivity index (χ0v) is 20.8. The third-order valence-corrected chi connectivity index (χ3v) is 7.78. The van der Waals surface area contributed by atoms with E-state index in [1.54, 1.807) is 0 Å². The van der Waals surface area contributed by atoms with Crippen LogP contribution in [0.3, 0.4) is 0 Å². The van der Waals surface area contributed by atoms with Crippen molar-refractivity contribution in [2.45, 2.75) is 51.3 Å². The van der Waals surface area contributed by atoms with Gasteiger partial charge in [-0.25, -0.2) is 4.68 Å². The highest BCUT2D eigenvalue weighted by molar-refractivity contribution is 5.85. The van der Waals surface area contributed by atoms with Crippen LogP contribution in [-0.2, 0) is 22.5 Å². The average Bonchev–Trinajstić information content (AvgIpc) is 3.58. The summed E-state index contributed by atoms with van der Waals surface area (Å²) in [4.78, 5) is 14.8. The summed E-state index contributed by atoms with van der Waals surface area (Å²) in [5.41, 5.74) is 4.68. The molecule has 4 heterocycles. The van der Waals surface area contributed by atoms with Gasteiger partial charge in [0.05, 0.1) is 12.6 Å². The smallest absolute Gasteiger partial charge is 0.226 e. The first kappa shape index (κ1) is 23.0. The van der Waals surface area contributed by atoms with E-state index in [4.69, 9.17) is 4.74 Å². The van der Waals surface area contributed by atoms with Gasteiger partial charge >= 0.3 is 0 Å². The number of fused-ring (bicyclic) bond motifs is 1. The molecular weight excluding hydrogens is 448 g/mol. The topological polar surface area (TPSA) is 52.3 Å². The lowest BCUT2D eigenvalue weighted by Gasteiger charge is -2.32. The predicted molar refractivity (Wildman–Crippen MR) is 141 cm³/mol. The van der Waals surface area contributed by atoms with Gasteiger partial charge in [-0.1, -0.05) is 36.4 Å². The Morgan fingerprint density at radius 1 is 0.972 bits per heavy atom. The van der Waals surface area contributed by atoms with Crippen molar-refractivity contribution in [3.63, 3.8) is 0 Å². The second-order valence-electron chi connectivity index (χ2n) is 10.3. The third-order valence-electron chi connectivity index (χ3n) is 7.78. The van der Waals surface area contributed by atoms with E-state index in [0.717, 1.165) is 63.1 Å². The molecule has 1 amide bonds. The van der Waals surface area contributed by atoms with Crippen LogP contribution in [0.1, 0.15) is 43.9 Å². The van der Waals surface area contributed by atoms with Gasteiger partial charge in [-0.3, -0.25) is 4.79 Å². The summed E-state index contributed by atoms with van der Waals surface area (Å²) < 4.78 is 10.2. The number of nitrogens with zero attached hydrogens (tertiary/aromatic N) is 4. The Kier molecular flexibility index (Phi) is 6.60. The van der Waals surface area contributed by atoms with Crippen molar-refractivity contribution in [2.24, 2.45) is 5.92 Å². The van der Waals surface area contributed by atoms with Gasteiger partial charge in [0.15, 0.2) is 0 Å². The Bertz CT molecular complexity index is 1310. The van der Waals surface area contributed by atoms with Gasteiger partial charge < -0.3 is 14.2 Å². The standard InChI is InChI=1S/C30H34N4O2/c35-29(18-23-6-2-1-3-7-23)32-14-11-24(12-15-32)21-33-16-13-26-19-25(9-10-28(26)33)27-20-31-34(22-27)30-8-4-5-17-36-30/h1-3,6-7,9-10,13,16,19-20,22,24,30H,4-5,8,11-12,14-15,17-18,21H2. The van der Waals surface area contributed by atoms with E-state index in [2.05, 4.69) is 46.3 Å². The summed E-state index contributed by atoms with van der Waals surface area (Å²) in [6.45, 7) is 3.53. The van der Waals surface area contributed by atoms with E-state index < -0.39 is 0 Å². The molecule has 6 heteroatoms. The molecule has 6 nitrogen and oxygen atoms in total. The monoisotopic (exact) mass is 482 g/mol. The van der Waals surface area contributed by atoms with E-state index in [1.165, 1.54) is 22.9 Å². The molecule has 4 aromatic rings. The first-order valence-electron chi connectivity index (χ1n) is 13.3. The van der Waals surface area contributed by atoms with Crippen LogP contribution in [0.25, 0.3) is 22.0 Å². The fourth-order valence-corrected chi connectivity index (χ4v) is 5.64. The van der Waals surface area contributed by atoms with Crippen LogP contribution in [0.2, 0.25) is 0 Å². The average molecular weight is 483 g/mol. The second-order valence-corrected chi connectivity index (χ2v) is 10.3. The van der Waals surface area contributed by atoms with Crippen LogP contribution in [0.5, 0.6) is 0 Å². The van der Waals surface area contributed by atoms with Crippen LogP contribution < -0.4 is 0 Å². The number of carbonyl (C=O) groups excluding carboxylic acids is 1. The summed E-state index contributed by atoms with van der Waals surface area (Å²) in [6, 6.07) is 19.0. The number of hydrogen-bond donors (Lipinski definition) is 0. The van der Waals surface area contributed by atoms with E-state index in [1.807, 2.05) is 46.1 Å². The van der Waals surface area contributed by atoms with Gasteiger partial charge in [-0.15, -0.1) is 0 Å². The number of benzene rings is 2. The second kappa shape index (κ2) is 10.3. The van der Waals surface area contributed by atoms with E-state index in [-0.39, 0.29) is 12.1 Å². The van der Waals surface area contributed by atoms with Crippen molar-refractivity contribution in [3.05, 3.63) is 78.8 Å². The molecule has 0 spiro atoms. The highest BCUT2D eigenvalue weighted by Crippen LogP contribution is 2.29. The lowest BCUT2D eigenvalue weighted by atomic mass is 9.96. The largest absolute Gasteiger partial charge is 0.357 e. The number of carbonyl (C=O) groups is 1. The maximum absolute atomic E-state index is 12.7. The zero-order valence-electron chi connectivity index (χ0n) is 20.8. The zero-order chi connectivity index (χ0) is 24.3. The summed E-state index contributed by atoms with van der Waals surface area (Å²) in [5.74, 6) is 0.840. The summed E-state index contributed by atoms with van der Waals surface area (Å²) >= 11 is 0. The first-order chi connectivity index (χ1) is 17.7. The quantitative estimate of drug-likeness (QED) is 0.355. The van der Waals surface area contributed by atoms with E-state index in [9.17, 15) is 4.79 Å². The number of likely N-dealkylation sites (tertiary alicyclic amines) is 1. The normalized spacial score (nSPS) is 19.1. The van der Waals surface area contributed by atoms with Crippen molar-refractivity contribution in [3.8, 4) is 11.1 Å². The lowest BCUT2D eigenvalue weighted by Crippen LogP contribution is -2.40. The molecule has 2 aromatic heterocycles. The molecule has 2 saturated heterocycles. The fraction of sp³-hybridized carbons (Fsp3) is 0.400. The molecule has 2 aliphatic heterocycles. The molecule has 0 saturated carbocycles. The minimum atomic E-state index is 0.0670. The van der Waals surface area contributed by atoms with Crippen molar-refractivity contribution >= 4 is 16.8 Å². The number of amides is 1. The van der Waals surface area contributed by atoms with Crippen LogP contribution in [-0.4, -0.2) is 44.9 Å². The molecule has 1 atom stereocenters. The molecule has 2 aromatic carbocycles. The van der Waals surface area contributed by atoms with Gasteiger partial charge in [0, 0.05) is 55.1 Å². The van der Waals surface area contributed by atoms with Crippen LogP contribution >= 0.6 is 0 Å². The molecule has 0 N–H and O–H groups in total. The van der Waals surface area contributed by atoms with Gasteiger partial charge in [-0.05, 0) is 67.3 Å². The molecular formula is C30H34N4O2. The van der Waals surface area contributed by atoms with Gasteiger partial charge in [0.1, 0.15) is 6.23 Å². The maximum Gasteiger partial charge on any atom is 0.226 e. The maximum atomic E-state index is 12.7. The Hall–Kier alpha value is -3.38. The lowest BCUT2D eigenvalue weighted by molar-refractivity contribution is -0.131. The minimum absolute atomic E-state index is 0.0670. The van der Waals surface area contributed by atoms with E-state index in [0.29, 0.717) is 12.3 Å². The Morgan fingerprint density at radius 2 is 1.83 bits per heavy atom. The van der Waals surface area contributed by atoms with Crippen molar-refractivity contribution in [2.75, 3.05) is 19.7 Å². The Morgan fingerprint density at radius 3 is 2.64 bits per heavy atom. The predicted octanol–water partition coefficient (Wildman–Crippen LogP) is 5.69. The molecule has 0 radical (unpaired) electrons. The SMILES string of the molecule is O=C(Cc1ccccc1)N1CCC(Cn2ccc3cc(-c4cnn(C5CCCCO5)c4)ccc32)CC1. The Balaban J connectivity index is 1.07. The van der Waals surface area contributed by atoms with Crippen LogP contribution in [0.4, 0.5) is 0 Å². The highest BCUT2D eigenvalue weighted by Gasteiger charge is 2.23. The fourth-order valence-electron chi connectivity index (χ4n) is 5.64. The molecule has 36 heavy (non-hydrogen) atoms. The highest BCUT2D eigenvalue weighted by atomic mass is 16.5.